The highest BCUT2D eigenvalue weighted by Crippen LogP contribution is 2.45. The third-order valence-electron chi connectivity index (χ3n) is 7.72. The van der Waals surface area contributed by atoms with E-state index in [0.29, 0.717) is 50.3 Å². The molecule has 0 aliphatic carbocycles. The van der Waals surface area contributed by atoms with E-state index in [1.54, 1.807) is 42.3 Å². The van der Waals surface area contributed by atoms with Crippen molar-refractivity contribution in [2.24, 2.45) is 0 Å². The molecule has 1 amide bonds. The van der Waals surface area contributed by atoms with Gasteiger partial charge in [0.05, 0.1) is 5.92 Å². The number of amides is 1. The number of hydrogen-bond donors (Lipinski definition) is 1. The van der Waals surface area contributed by atoms with Gasteiger partial charge in [0.25, 0.3) is 0 Å². The highest BCUT2D eigenvalue weighted by molar-refractivity contribution is 5.83. The highest BCUT2D eigenvalue weighted by Gasteiger charge is 2.43. The normalized spacial score (nSPS) is 17.2. The van der Waals surface area contributed by atoms with Crippen LogP contribution in [0.15, 0.2) is 79.2 Å². The Balaban J connectivity index is 1.27. The summed E-state index contributed by atoms with van der Waals surface area (Å²) in [4.78, 5) is 17.4. The average Bonchev–Trinajstić information content (AvgIpc) is 2.91. The first kappa shape index (κ1) is 26.8. The average molecular weight is 536 g/mol. The Labute approximate surface area is 226 Å². The van der Waals surface area contributed by atoms with Crippen LogP contribution in [-0.2, 0) is 21.7 Å². The maximum atomic E-state index is 14.1. The number of carbonyl (C=O) groups is 1. The first-order valence-corrected chi connectivity index (χ1v) is 13.1. The predicted octanol–water partition coefficient (Wildman–Crippen LogP) is 6.14. The van der Waals surface area contributed by atoms with Crippen LogP contribution in [0.2, 0.25) is 0 Å². The monoisotopic (exact) mass is 535 g/mol. The van der Waals surface area contributed by atoms with Gasteiger partial charge in [-0.1, -0.05) is 24.3 Å². The maximum absolute atomic E-state index is 14.1. The SMILES string of the molecule is C=C1Nc2ccc(F)cc2C2(CCN(CCC(C(=O)N(C)Cc3cccc(F)c3)c3ccc(F)cc3)CC2)O1. The van der Waals surface area contributed by atoms with Crippen LogP contribution in [0.4, 0.5) is 18.9 Å². The molecule has 3 aromatic rings. The Morgan fingerprint density at radius 2 is 1.72 bits per heavy atom. The van der Waals surface area contributed by atoms with Crippen LogP contribution >= 0.6 is 0 Å². The molecule has 1 spiro atoms. The summed E-state index contributed by atoms with van der Waals surface area (Å²) in [6, 6.07) is 16.9. The van der Waals surface area contributed by atoms with Gasteiger partial charge < -0.3 is 19.9 Å². The van der Waals surface area contributed by atoms with E-state index in [4.69, 9.17) is 4.74 Å². The van der Waals surface area contributed by atoms with E-state index in [1.165, 1.54) is 36.4 Å². The van der Waals surface area contributed by atoms with Crippen molar-refractivity contribution in [3.8, 4) is 0 Å². The third kappa shape index (κ3) is 5.96. The zero-order valence-electron chi connectivity index (χ0n) is 21.9. The summed E-state index contributed by atoms with van der Waals surface area (Å²) in [6.45, 7) is 6.26. The fourth-order valence-electron chi connectivity index (χ4n) is 5.67. The number of nitrogens with one attached hydrogen (secondary N) is 1. The number of rotatable bonds is 7. The van der Waals surface area contributed by atoms with Crippen molar-refractivity contribution in [1.82, 2.24) is 9.80 Å². The maximum Gasteiger partial charge on any atom is 0.230 e. The summed E-state index contributed by atoms with van der Waals surface area (Å²) >= 11 is 0. The summed E-state index contributed by atoms with van der Waals surface area (Å²) in [6.07, 6.45) is 1.84. The zero-order chi connectivity index (χ0) is 27.6. The molecule has 1 fully saturated rings. The molecule has 1 saturated heterocycles. The summed E-state index contributed by atoms with van der Waals surface area (Å²) in [5.74, 6) is -1.16. The molecule has 204 valence electrons. The van der Waals surface area contributed by atoms with E-state index in [1.807, 2.05) is 0 Å². The van der Waals surface area contributed by atoms with Crippen LogP contribution < -0.4 is 5.32 Å². The fraction of sp³-hybridized carbons (Fsp3) is 0.323. The predicted molar refractivity (Wildman–Crippen MR) is 144 cm³/mol. The van der Waals surface area contributed by atoms with Crippen LogP contribution in [0.5, 0.6) is 0 Å². The number of carbonyl (C=O) groups excluding carboxylic acids is 1. The summed E-state index contributed by atoms with van der Waals surface area (Å²) < 4.78 is 47.6. The second-order valence-corrected chi connectivity index (χ2v) is 10.4. The van der Waals surface area contributed by atoms with Crippen LogP contribution in [-0.4, -0.2) is 42.4 Å². The Morgan fingerprint density at radius 3 is 2.44 bits per heavy atom. The van der Waals surface area contributed by atoms with Crippen LogP contribution in [0, 0.1) is 17.5 Å². The van der Waals surface area contributed by atoms with Gasteiger partial charge in [-0.2, -0.15) is 0 Å². The number of benzene rings is 3. The van der Waals surface area contributed by atoms with Crippen molar-refractivity contribution in [1.29, 1.82) is 0 Å². The zero-order valence-corrected chi connectivity index (χ0v) is 21.9. The Bertz CT molecular complexity index is 1350. The molecule has 1 atom stereocenters. The number of piperidine rings is 1. The smallest absolute Gasteiger partial charge is 0.230 e. The van der Waals surface area contributed by atoms with Gasteiger partial charge in [-0.05, 0) is 73.1 Å². The molecule has 8 heteroatoms. The first-order chi connectivity index (χ1) is 18.7. The first-order valence-electron chi connectivity index (χ1n) is 13.1. The molecular formula is C31H32F3N3O2. The van der Waals surface area contributed by atoms with Gasteiger partial charge in [-0.15, -0.1) is 0 Å². The standard InChI is InChI=1S/C31H32F3N3O2/c1-21-35-29-11-10-26(34)19-28(29)31(39-21)13-16-37(17-14-31)15-12-27(23-6-8-24(32)9-7-23)30(38)36(2)20-22-4-3-5-25(33)18-22/h3-11,18-19,27,35H,1,12-17,20H2,2H3. The molecular weight excluding hydrogens is 503 g/mol. The van der Waals surface area contributed by atoms with Gasteiger partial charge in [0, 0.05) is 50.8 Å². The Morgan fingerprint density at radius 1 is 1.03 bits per heavy atom. The third-order valence-corrected chi connectivity index (χ3v) is 7.72. The lowest BCUT2D eigenvalue weighted by Gasteiger charge is -2.46. The van der Waals surface area contributed by atoms with Crippen molar-refractivity contribution in [3.63, 3.8) is 0 Å². The number of halogens is 3. The van der Waals surface area contributed by atoms with Gasteiger partial charge in [-0.25, -0.2) is 13.2 Å². The minimum Gasteiger partial charge on any atom is -0.468 e. The van der Waals surface area contributed by atoms with E-state index < -0.39 is 11.5 Å². The molecule has 5 nitrogen and oxygen atoms in total. The number of hydrogen-bond acceptors (Lipinski definition) is 4. The molecule has 39 heavy (non-hydrogen) atoms. The Hall–Kier alpha value is -3.78. The number of fused-ring (bicyclic) bond motifs is 2. The number of ether oxygens (including phenoxy) is 1. The van der Waals surface area contributed by atoms with E-state index in [0.717, 1.165) is 16.8 Å². The van der Waals surface area contributed by atoms with E-state index in [2.05, 4.69) is 16.8 Å². The van der Waals surface area contributed by atoms with Crippen molar-refractivity contribution in [3.05, 3.63) is 113 Å². The van der Waals surface area contributed by atoms with Gasteiger partial charge in [0.15, 0.2) is 5.88 Å². The molecule has 0 radical (unpaired) electrons. The number of likely N-dealkylation sites (tertiary alicyclic amines) is 1. The lowest BCUT2D eigenvalue weighted by molar-refractivity contribution is -0.132. The van der Waals surface area contributed by atoms with Gasteiger partial charge in [0.2, 0.25) is 5.91 Å². The fourth-order valence-corrected chi connectivity index (χ4v) is 5.67. The Kier molecular flexibility index (Phi) is 7.66. The molecule has 2 heterocycles. The molecule has 1 N–H and O–H groups in total. The topological polar surface area (TPSA) is 44.8 Å². The number of nitrogens with zero attached hydrogens (tertiary/aromatic N) is 2. The largest absolute Gasteiger partial charge is 0.468 e. The summed E-state index contributed by atoms with van der Waals surface area (Å²) in [7, 11) is 1.70. The molecule has 1 unspecified atom stereocenters. The number of likely N-dealkylation sites (N-methyl/N-ethyl adjacent to an activating group) is 1. The summed E-state index contributed by atoms with van der Waals surface area (Å²) in [5, 5.41) is 3.09. The van der Waals surface area contributed by atoms with Gasteiger partial charge in [-0.3, -0.25) is 4.79 Å². The van der Waals surface area contributed by atoms with Gasteiger partial charge in [0.1, 0.15) is 23.1 Å². The van der Waals surface area contributed by atoms with Crippen molar-refractivity contribution in [2.45, 2.75) is 37.3 Å². The minimum atomic E-state index is -0.645. The van der Waals surface area contributed by atoms with E-state index in [-0.39, 0.29) is 29.9 Å². The lowest BCUT2D eigenvalue weighted by Crippen LogP contribution is -2.47. The second kappa shape index (κ2) is 11.1. The number of anilines is 1. The van der Waals surface area contributed by atoms with E-state index >= 15 is 0 Å². The van der Waals surface area contributed by atoms with E-state index in [9.17, 15) is 18.0 Å². The van der Waals surface area contributed by atoms with Gasteiger partial charge >= 0.3 is 0 Å². The molecule has 0 bridgehead atoms. The van der Waals surface area contributed by atoms with Crippen molar-refractivity contribution in [2.75, 3.05) is 32.0 Å². The van der Waals surface area contributed by atoms with Crippen LogP contribution in [0.25, 0.3) is 0 Å². The van der Waals surface area contributed by atoms with Crippen LogP contribution in [0.3, 0.4) is 0 Å². The minimum absolute atomic E-state index is 0.110. The quantitative estimate of drug-likeness (QED) is 0.395. The van der Waals surface area contributed by atoms with Crippen LogP contribution in [0.1, 0.15) is 41.9 Å². The molecule has 2 aliphatic heterocycles. The van der Waals surface area contributed by atoms with Crippen molar-refractivity contribution < 1.29 is 22.7 Å². The second-order valence-electron chi connectivity index (χ2n) is 10.4. The molecule has 0 aromatic heterocycles. The molecule has 3 aromatic carbocycles. The molecule has 2 aliphatic rings. The highest BCUT2D eigenvalue weighted by atomic mass is 19.1. The molecule has 5 rings (SSSR count). The molecule has 0 saturated carbocycles. The summed E-state index contributed by atoms with van der Waals surface area (Å²) in [5.41, 5.74) is 2.40. The van der Waals surface area contributed by atoms with Crippen molar-refractivity contribution >= 4 is 11.6 Å². The lowest BCUT2D eigenvalue weighted by atomic mass is 9.82.